The molecule has 0 radical (unpaired) electrons. The zero-order chi connectivity index (χ0) is 8.85. The van der Waals surface area contributed by atoms with Gasteiger partial charge in [-0.3, -0.25) is 0 Å². The van der Waals surface area contributed by atoms with Gasteiger partial charge in [-0.2, -0.15) is 0 Å². The highest BCUT2D eigenvalue weighted by molar-refractivity contribution is 5.80. The summed E-state index contributed by atoms with van der Waals surface area (Å²) in [6.45, 7) is 4.10. The van der Waals surface area contributed by atoms with Crippen molar-refractivity contribution in [2.24, 2.45) is 11.7 Å². The molecule has 0 aliphatic rings. The number of carbonyl (C=O) groups is 1. The van der Waals surface area contributed by atoms with Gasteiger partial charge in [0.1, 0.15) is 0 Å². The van der Waals surface area contributed by atoms with Gasteiger partial charge in [0.15, 0.2) is 0 Å². The fourth-order valence-corrected chi connectivity index (χ4v) is 0.764. The number of carboxylic acids is 1. The second-order valence-corrected chi connectivity index (χ2v) is 2.78. The molecular weight excluding hydrogens is 142 g/mol. The summed E-state index contributed by atoms with van der Waals surface area (Å²) in [5.41, 5.74) is 5.88. The fourth-order valence-electron chi connectivity index (χ4n) is 0.764. The van der Waals surface area contributed by atoms with Crippen LogP contribution in [-0.2, 0) is 4.79 Å². The molecule has 0 aliphatic carbocycles. The Balaban J connectivity index is 3.85. The van der Waals surface area contributed by atoms with Gasteiger partial charge in [0.25, 0.3) is 0 Å². The summed E-state index contributed by atoms with van der Waals surface area (Å²) in [6.07, 6.45) is 2.75. The smallest absolute Gasteiger partial charge is 0.330 e. The third kappa shape index (κ3) is 5.45. The van der Waals surface area contributed by atoms with Gasteiger partial charge in [-0.25, -0.2) is 4.79 Å². The largest absolute Gasteiger partial charge is 0.478 e. The summed E-state index contributed by atoms with van der Waals surface area (Å²) in [7, 11) is 0. The summed E-state index contributed by atoms with van der Waals surface area (Å²) in [5.74, 6) is -0.503. The minimum Gasteiger partial charge on any atom is -0.478 e. The molecule has 0 unspecified atom stereocenters. The van der Waals surface area contributed by atoms with Crippen molar-refractivity contribution in [3.63, 3.8) is 0 Å². The molecule has 0 amide bonds. The van der Waals surface area contributed by atoms with Crippen LogP contribution in [0, 0.1) is 5.92 Å². The number of rotatable bonds is 4. The highest BCUT2D eigenvalue weighted by atomic mass is 16.4. The van der Waals surface area contributed by atoms with Crippen LogP contribution >= 0.6 is 0 Å². The highest BCUT2D eigenvalue weighted by Crippen LogP contribution is 2.09. The Morgan fingerprint density at radius 2 is 2.27 bits per heavy atom. The van der Waals surface area contributed by atoms with Crippen LogP contribution in [0.25, 0.3) is 0 Å². The van der Waals surface area contributed by atoms with Crippen molar-refractivity contribution in [2.45, 2.75) is 26.7 Å². The molecule has 0 rings (SSSR count). The van der Waals surface area contributed by atoms with Gasteiger partial charge in [0, 0.05) is 11.8 Å². The maximum atomic E-state index is 10.1. The molecule has 0 bridgehead atoms. The normalized spacial score (nSPS) is 14.5. The summed E-state index contributed by atoms with van der Waals surface area (Å²) in [6, 6.07) is 0. The molecule has 3 nitrogen and oxygen atoms in total. The van der Waals surface area contributed by atoms with Crippen molar-refractivity contribution < 1.29 is 9.90 Å². The third-order valence-corrected chi connectivity index (χ3v) is 1.59. The van der Waals surface area contributed by atoms with Crippen molar-refractivity contribution in [2.75, 3.05) is 0 Å². The molecule has 11 heavy (non-hydrogen) atoms. The lowest BCUT2D eigenvalue weighted by atomic mass is 10.0. The van der Waals surface area contributed by atoms with Crippen LogP contribution in [0.15, 0.2) is 11.8 Å². The van der Waals surface area contributed by atoms with E-state index in [1.54, 1.807) is 0 Å². The van der Waals surface area contributed by atoms with E-state index in [1.807, 2.05) is 6.92 Å². The first-order valence-corrected chi connectivity index (χ1v) is 3.75. The average Bonchev–Trinajstić information content (AvgIpc) is 1.85. The topological polar surface area (TPSA) is 63.3 Å². The maximum absolute atomic E-state index is 10.1. The van der Waals surface area contributed by atoms with Gasteiger partial charge in [0.2, 0.25) is 0 Å². The lowest BCUT2D eigenvalue weighted by Gasteiger charge is -2.06. The quantitative estimate of drug-likeness (QED) is 0.605. The van der Waals surface area contributed by atoms with Crippen LogP contribution in [0.4, 0.5) is 0 Å². The van der Waals surface area contributed by atoms with Crippen LogP contribution in [0.2, 0.25) is 0 Å². The third-order valence-electron chi connectivity index (χ3n) is 1.59. The van der Waals surface area contributed by atoms with Crippen LogP contribution in [0.3, 0.4) is 0 Å². The predicted molar refractivity (Wildman–Crippen MR) is 44.0 cm³/mol. The summed E-state index contributed by atoms with van der Waals surface area (Å²) >= 11 is 0. The molecule has 0 fully saturated rings. The molecule has 0 aromatic carbocycles. The van der Waals surface area contributed by atoms with E-state index in [2.05, 4.69) is 6.92 Å². The molecule has 0 saturated heterocycles. The number of allylic oxidation sites excluding steroid dienone is 1. The number of hydrogen-bond donors (Lipinski definition) is 2. The van der Waals surface area contributed by atoms with Crippen LogP contribution in [-0.4, -0.2) is 11.1 Å². The number of hydrogen-bond acceptors (Lipinski definition) is 2. The summed E-state index contributed by atoms with van der Waals surface area (Å²) < 4.78 is 0. The van der Waals surface area contributed by atoms with Crippen molar-refractivity contribution in [3.8, 4) is 0 Å². The maximum Gasteiger partial charge on any atom is 0.330 e. The van der Waals surface area contributed by atoms with E-state index in [-0.39, 0.29) is 0 Å². The van der Waals surface area contributed by atoms with Crippen molar-refractivity contribution in [1.82, 2.24) is 0 Å². The molecule has 0 aliphatic heterocycles. The van der Waals surface area contributed by atoms with E-state index in [9.17, 15) is 4.79 Å². The highest BCUT2D eigenvalue weighted by Gasteiger charge is 2.01. The lowest BCUT2D eigenvalue weighted by Crippen LogP contribution is -2.05. The van der Waals surface area contributed by atoms with E-state index >= 15 is 0 Å². The van der Waals surface area contributed by atoms with Gasteiger partial charge >= 0.3 is 5.97 Å². The Hall–Kier alpha value is -0.990. The average molecular weight is 157 g/mol. The predicted octanol–water partition coefficient (Wildman–Crippen LogP) is 1.35. The molecule has 0 aromatic heterocycles. The molecule has 0 aromatic rings. The Morgan fingerprint density at radius 1 is 1.73 bits per heavy atom. The number of carboxylic acid groups (broad SMARTS) is 1. The van der Waals surface area contributed by atoms with Crippen LogP contribution in [0.5, 0.6) is 0 Å². The first kappa shape index (κ1) is 10.0. The number of aliphatic carboxylic acids is 1. The summed E-state index contributed by atoms with van der Waals surface area (Å²) in [4.78, 5) is 10.1. The van der Waals surface area contributed by atoms with Crippen LogP contribution in [0.1, 0.15) is 26.7 Å². The van der Waals surface area contributed by atoms with Crippen LogP contribution < -0.4 is 5.73 Å². The fraction of sp³-hybridized carbons (Fsp3) is 0.625. The zero-order valence-electron chi connectivity index (χ0n) is 7.00. The van der Waals surface area contributed by atoms with Gasteiger partial charge in [-0.15, -0.1) is 0 Å². The van der Waals surface area contributed by atoms with E-state index in [0.29, 0.717) is 18.0 Å². The first-order chi connectivity index (χ1) is 5.06. The van der Waals surface area contributed by atoms with Crippen molar-refractivity contribution in [3.05, 3.63) is 11.8 Å². The van der Waals surface area contributed by atoms with E-state index in [4.69, 9.17) is 10.8 Å². The molecule has 0 heterocycles. The van der Waals surface area contributed by atoms with E-state index < -0.39 is 5.97 Å². The lowest BCUT2D eigenvalue weighted by molar-refractivity contribution is -0.131. The minimum atomic E-state index is -0.967. The van der Waals surface area contributed by atoms with Gasteiger partial charge in [0.05, 0.1) is 0 Å². The Morgan fingerprint density at radius 3 is 2.64 bits per heavy atom. The Labute approximate surface area is 66.9 Å². The second-order valence-electron chi connectivity index (χ2n) is 2.78. The van der Waals surface area contributed by atoms with E-state index in [1.165, 1.54) is 0 Å². The minimum absolute atomic E-state index is 0.451. The molecular formula is C8H15NO2. The van der Waals surface area contributed by atoms with E-state index in [0.717, 1.165) is 12.5 Å². The SMILES string of the molecule is CC[C@@H](C)CC(N)=CC(=O)O. The van der Waals surface area contributed by atoms with Crippen molar-refractivity contribution in [1.29, 1.82) is 0 Å². The molecule has 0 spiro atoms. The molecule has 3 heteroatoms. The Bertz CT molecular complexity index is 163. The molecule has 3 N–H and O–H groups in total. The molecule has 1 atom stereocenters. The zero-order valence-corrected chi connectivity index (χ0v) is 7.00. The number of nitrogens with two attached hydrogens (primary N) is 1. The van der Waals surface area contributed by atoms with Gasteiger partial charge < -0.3 is 10.8 Å². The monoisotopic (exact) mass is 157 g/mol. The standard InChI is InChI=1S/C8H15NO2/c1-3-6(2)4-7(9)5-8(10)11/h5-6H,3-4,9H2,1-2H3,(H,10,11)/t6-/m1/s1. The Kier molecular flexibility index (Phi) is 4.34. The molecule has 64 valence electrons. The molecule has 0 saturated carbocycles. The van der Waals surface area contributed by atoms with Gasteiger partial charge in [-0.1, -0.05) is 20.3 Å². The van der Waals surface area contributed by atoms with Gasteiger partial charge in [-0.05, 0) is 12.3 Å². The van der Waals surface area contributed by atoms with Crippen molar-refractivity contribution >= 4 is 5.97 Å². The second kappa shape index (κ2) is 4.77. The first-order valence-electron chi connectivity index (χ1n) is 3.75. The summed E-state index contributed by atoms with van der Waals surface area (Å²) in [5, 5.41) is 8.31.